The van der Waals surface area contributed by atoms with E-state index in [1.807, 2.05) is 39.0 Å². The third kappa shape index (κ3) is 3.20. The van der Waals surface area contributed by atoms with Gasteiger partial charge in [-0.3, -0.25) is 4.79 Å². The quantitative estimate of drug-likeness (QED) is 0.856. The fourth-order valence-corrected chi connectivity index (χ4v) is 4.58. The zero-order valence-corrected chi connectivity index (χ0v) is 13.0. The number of rotatable bonds is 3. The van der Waals surface area contributed by atoms with Crippen molar-refractivity contribution in [3.8, 4) is 0 Å². The van der Waals surface area contributed by atoms with Gasteiger partial charge in [0.1, 0.15) is 0 Å². The lowest BCUT2D eigenvalue weighted by molar-refractivity contribution is 0.0708. The molecule has 0 aromatic heterocycles. The fraction of sp³-hybridized carbons (Fsp3) is 0.533. The van der Waals surface area contributed by atoms with Crippen LogP contribution in [0.3, 0.4) is 0 Å². The molecule has 1 saturated heterocycles. The van der Waals surface area contributed by atoms with Crippen molar-refractivity contribution < 1.29 is 13.2 Å². The highest BCUT2D eigenvalue weighted by Crippen LogP contribution is 2.20. The van der Waals surface area contributed by atoms with Crippen molar-refractivity contribution in [2.24, 2.45) is 0 Å². The van der Waals surface area contributed by atoms with Crippen LogP contribution in [-0.4, -0.2) is 43.3 Å². The number of carbonyl (C=O) groups is 1. The van der Waals surface area contributed by atoms with Crippen LogP contribution in [0.25, 0.3) is 0 Å². The maximum atomic E-state index is 12.6. The average molecular weight is 295 g/mol. The van der Waals surface area contributed by atoms with Crippen LogP contribution < -0.4 is 0 Å². The highest BCUT2D eigenvalue weighted by atomic mass is 32.2. The molecule has 1 fully saturated rings. The Hall–Kier alpha value is -1.36. The SMILES string of the molecule is CCN(C(=O)c1cc(C)cc(C)c1)[C@H]1CCS(=O)(=O)C1. The second-order valence-electron chi connectivity index (χ2n) is 5.52. The lowest BCUT2D eigenvalue weighted by Gasteiger charge is -2.27. The van der Waals surface area contributed by atoms with Gasteiger partial charge in [0, 0.05) is 18.2 Å². The van der Waals surface area contributed by atoms with Gasteiger partial charge >= 0.3 is 0 Å². The number of amides is 1. The summed E-state index contributed by atoms with van der Waals surface area (Å²) in [5, 5.41) is 0. The van der Waals surface area contributed by atoms with Crippen molar-refractivity contribution in [1.82, 2.24) is 4.90 Å². The van der Waals surface area contributed by atoms with Gasteiger partial charge in [0.25, 0.3) is 5.91 Å². The van der Waals surface area contributed by atoms with Gasteiger partial charge in [-0.2, -0.15) is 0 Å². The van der Waals surface area contributed by atoms with Gasteiger partial charge in [0.2, 0.25) is 0 Å². The standard InChI is InChI=1S/C15H21NO3S/c1-4-16(14-5-6-20(18,19)10-14)15(17)13-8-11(2)7-12(3)9-13/h7-9,14H,4-6,10H2,1-3H3/t14-/m0/s1. The number of carbonyl (C=O) groups excluding carboxylic acids is 1. The number of aryl methyl sites for hydroxylation is 2. The molecule has 1 atom stereocenters. The van der Waals surface area contributed by atoms with E-state index < -0.39 is 9.84 Å². The van der Waals surface area contributed by atoms with E-state index in [4.69, 9.17) is 0 Å². The molecule has 1 heterocycles. The van der Waals surface area contributed by atoms with Crippen LogP contribution in [0.5, 0.6) is 0 Å². The molecule has 4 nitrogen and oxygen atoms in total. The van der Waals surface area contributed by atoms with E-state index >= 15 is 0 Å². The molecular formula is C15H21NO3S. The summed E-state index contributed by atoms with van der Waals surface area (Å²) >= 11 is 0. The topological polar surface area (TPSA) is 54.5 Å². The Morgan fingerprint density at radius 2 is 1.85 bits per heavy atom. The molecule has 0 spiro atoms. The van der Waals surface area contributed by atoms with E-state index in [0.29, 0.717) is 18.5 Å². The Morgan fingerprint density at radius 1 is 1.25 bits per heavy atom. The first kappa shape index (κ1) is 15.0. The van der Waals surface area contributed by atoms with E-state index in [0.717, 1.165) is 11.1 Å². The normalized spacial score (nSPS) is 20.9. The summed E-state index contributed by atoms with van der Waals surface area (Å²) in [5.41, 5.74) is 2.74. The summed E-state index contributed by atoms with van der Waals surface area (Å²) in [6.45, 7) is 6.34. The van der Waals surface area contributed by atoms with Crippen LogP contribution in [0, 0.1) is 13.8 Å². The molecule has 0 saturated carbocycles. The van der Waals surface area contributed by atoms with Crippen LogP contribution >= 0.6 is 0 Å². The third-order valence-corrected chi connectivity index (χ3v) is 5.47. The van der Waals surface area contributed by atoms with Gasteiger partial charge in [-0.15, -0.1) is 0 Å². The lowest BCUT2D eigenvalue weighted by Crippen LogP contribution is -2.41. The molecule has 110 valence electrons. The highest BCUT2D eigenvalue weighted by molar-refractivity contribution is 7.91. The van der Waals surface area contributed by atoms with Crippen molar-refractivity contribution in [3.63, 3.8) is 0 Å². The zero-order valence-electron chi connectivity index (χ0n) is 12.2. The van der Waals surface area contributed by atoms with E-state index in [1.54, 1.807) is 4.90 Å². The minimum atomic E-state index is -2.98. The molecule has 0 radical (unpaired) electrons. The summed E-state index contributed by atoms with van der Waals surface area (Å²) in [7, 11) is -2.98. The Balaban J connectivity index is 2.25. The summed E-state index contributed by atoms with van der Waals surface area (Å²) in [5.74, 6) is 0.215. The predicted molar refractivity (Wildman–Crippen MR) is 79.7 cm³/mol. The monoisotopic (exact) mass is 295 g/mol. The molecule has 1 aliphatic heterocycles. The van der Waals surface area contributed by atoms with E-state index in [2.05, 4.69) is 0 Å². The molecule has 1 amide bonds. The number of nitrogens with zero attached hydrogens (tertiary/aromatic N) is 1. The summed E-state index contributed by atoms with van der Waals surface area (Å²) in [4.78, 5) is 14.3. The second kappa shape index (κ2) is 5.56. The summed E-state index contributed by atoms with van der Waals surface area (Å²) in [6, 6.07) is 5.56. The smallest absolute Gasteiger partial charge is 0.254 e. The van der Waals surface area contributed by atoms with Crippen LogP contribution in [0.4, 0.5) is 0 Å². The first-order valence-corrected chi connectivity index (χ1v) is 8.74. The first-order chi connectivity index (χ1) is 9.32. The van der Waals surface area contributed by atoms with Crippen LogP contribution in [0.2, 0.25) is 0 Å². The third-order valence-electron chi connectivity index (χ3n) is 3.72. The molecule has 0 unspecified atom stereocenters. The molecule has 0 N–H and O–H groups in total. The molecule has 1 aromatic rings. The number of hydrogen-bond donors (Lipinski definition) is 0. The van der Waals surface area contributed by atoms with Crippen molar-refractivity contribution in [3.05, 3.63) is 34.9 Å². The van der Waals surface area contributed by atoms with E-state index in [-0.39, 0.29) is 23.5 Å². The highest BCUT2D eigenvalue weighted by Gasteiger charge is 2.34. The van der Waals surface area contributed by atoms with Crippen molar-refractivity contribution in [2.75, 3.05) is 18.1 Å². The fourth-order valence-electron chi connectivity index (χ4n) is 2.85. The zero-order chi connectivity index (χ0) is 14.9. The molecule has 1 aromatic carbocycles. The first-order valence-electron chi connectivity index (χ1n) is 6.92. The predicted octanol–water partition coefficient (Wildman–Crippen LogP) is 1.95. The second-order valence-corrected chi connectivity index (χ2v) is 7.75. The summed E-state index contributed by atoms with van der Waals surface area (Å²) in [6.07, 6.45) is 0.548. The molecule has 20 heavy (non-hydrogen) atoms. The minimum Gasteiger partial charge on any atom is -0.335 e. The average Bonchev–Trinajstić information content (AvgIpc) is 2.69. The Bertz CT molecular complexity index is 602. The maximum absolute atomic E-state index is 12.6. The van der Waals surface area contributed by atoms with Gasteiger partial charge in [0.05, 0.1) is 11.5 Å². The number of benzene rings is 1. The molecule has 5 heteroatoms. The van der Waals surface area contributed by atoms with Gasteiger partial charge in [-0.1, -0.05) is 17.2 Å². The minimum absolute atomic E-state index is 0.0681. The van der Waals surface area contributed by atoms with Gasteiger partial charge in [0.15, 0.2) is 9.84 Å². The van der Waals surface area contributed by atoms with Crippen LogP contribution in [-0.2, 0) is 9.84 Å². The number of sulfone groups is 1. The van der Waals surface area contributed by atoms with Crippen molar-refractivity contribution in [1.29, 1.82) is 0 Å². The maximum Gasteiger partial charge on any atom is 0.254 e. The number of hydrogen-bond acceptors (Lipinski definition) is 3. The molecule has 0 bridgehead atoms. The molecule has 0 aliphatic carbocycles. The van der Waals surface area contributed by atoms with Crippen molar-refractivity contribution >= 4 is 15.7 Å². The Labute approximate surface area is 120 Å². The van der Waals surface area contributed by atoms with Gasteiger partial charge in [-0.25, -0.2) is 8.42 Å². The molecular weight excluding hydrogens is 274 g/mol. The Morgan fingerprint density at radius 3 is 2.30 bits per heavy atom. The van der Waals surface area contributed by atoms with Crippen LogP contribution in [0.1, 0.15) is 34.8 Å². The molecule has 2 rings (SSSR count). The van der Waals surface area contributed by atoms with E-state index in [9.17, 15) is 13.2 Å². The van der Waals surface area contributed by atoms with Crippen LogP contribution in [0.15, 0.2) is 18.2 Å². The summed E-state index contributed by atoms with van der Waals surface area (Å²) < 4.78 is 23.2. The largest absolute Gasteiger partial charge is 0.335 e. The Kier molecular flexibility index (Phi) is 4.18. The molecule has 1 aliphatic rings. The van der Waals surface area contributed by atoms with Crippen molar-refractivity contribution in [2.45, 2.75) is 33.2 Å². The van der Waals surface area contributed by atoms with Gasteiger partial charge < -0.3 is 4.90 Å². The van der Waals surface area contributed by atoms with E-state index in [1.165, 1.54) is 0 Å². The van der Waals surface area contributed by atoms with Gasteiger partial charge in [-0.05, 0) is 39.3 Å². The lowest BCUT2D eigenvalue weighted by atomic mass is 10.1.